The van der Waals surface area contributed by atoms with Crippen LogP contribution >= 0.6 is 0 Å². The number of methoxy groups -OCH3 is 1. The van der Waals surface area contributed by atoms with E-state index in [4.69, 9.17) is 4.74 Å². The van der Waals surface area contributed by atoms with Gasteiger partial charge in [0, 0.05) is 37.9 Å². The van der Waals surface area contributed by atoms with Crippen molar-refractivity contribution in [1.29, 1.82) is 0 Å². The summed E-state index contributed by atoms with van der Waals surface area (Å²) in [5, 5.41) is 15.2. The van der Waals surface area contributed by atoms with Gasteiger partial charge in [-0.3, -0.25) is 9.59 Å². The predicted octanol–water partition coefficient (Wildman–Crippen LogP) is 1.18. The summed E-state index contributed by atoms with van der Waals surface area (Å²) in [7, 11) is 3.21. The summed E-state index contributed by atoms with van der Waals surface area (Å²) < 4.78 is 8.19. The molecule has 0 fully saturated rings. The maximum absolute atomic E-state index is 12.7. The van der Waals surface area contributed by atoms with Crippen molar-refractivity contribution in [3.8, 4) is 11.3 Å². The quantitative estimate of drug-likeness (QED) is 0.658. The van der Waals surface area contributed by atoms with Gasteiger partial charge in [-0.25, -0.2) is 4.68 Å². The number of rotatable bonds is 7. The molecule has 1 aromatic carbocycles. The van der Waals surface area contributed by atoms with Gasteiger partial charge in [-0.15, -0.1) is 10.2 Å². The van der Waals surface area contributed by atoms with Gasteiger partial charge in [0.2, 0.25) is 0 Å². The van der Waals surface area contributed by atoms with E-state index in [2.05, 4.69) is 20.6 Å². The van der Waals surface area contributed by atoms with E-state index >= 15 is 0 Å². The van der Waals surface area contributed by atoms with E-state index in [-0.39, 0.29) is 17.5 Å². The number of aryl methyl sites for hydroxylation is 1. The molecule has 0 aliphatic heterocycles. The van der Waals surface area contributed by atoms with Crippen LogP contribution in [-0.2, 0) is 18.3 Å². The van der Waals surface area contributed by atoms with Crippen LogP contribution in [0.4, 0.5) is 0 Å². The van der Waals surface area contributed by atoms with Crippen LogP contribution in [-0.4, -0.2) is 44.2 Å². The zero-order valence-corrected chi connectivity index (χ0v) is 16.0. The van der Waals surface area contributed by atoms with Gasteiger partial charge < -0.3 is 14.6 Å². The summed E-state index contributed by atoms with van der Waals surface area (Å²) in [6.07, 6.45) is 1.61. The topological polar surface area (TPSA) is 104 Å². The summed E-state index contributed by atoms with van der Waals surface area (Å²) in [6, 6.07) is 9.85. The molecule has 0 spiro atoms. The van der Waals surface area contributed by atoms with Gasteiger partial charge in [0.1, 0.15) is 6.33 Å². The summed E-state index contributed by atoms with van der Waals surface area (Å²) in [4.78, 5) is 24.2. The fraction of sp³-hybridized carbons (Fsp3) is 0.316. The fourth-order valence-electron chi connectivity index (χ4n) is 2.78. The number of nitrogens with zero attached hydrogens (tertiary/aromatic N) is 5. The zero-order chi connectivity index (χ0) is 20.1. The number of nitrogens with one attached hydrogen (secondary N) is 1. The van der Waals surface area contributed by atoms with Crippen LogP contribution in [0.15, 0.2) is 47.5 Å². The van der Waals surface area contributed by atoms with Crippen molar-refractivity contribution < 1.29 is 9.53 Å². The third kappa shape index (κ3) is 4.32. The van der Waals surface area contributed by atoms with Crippen molar-refractivity contribution >= 4 is 5.91 Å². The summed E-state index contributed by atoms with van der Waals surface area (Å²) in [5.74, 6) is 0.418. The molecule has 0 aliphatic rings. The van der Waals surface area contributed by atoms with Crippen LogP contribution in [0.1, 0.15) is 29.1 Å². The summed E-state index contributed by atoms with van der Waals surface area (Å²) >= 11 is 0. The highest BCUT2D eigenvalue weighted by molar-refractivity contribution is 5.95. The number of carbonyl (C=O) groups excluding carboxylic acids is 1. The van der Waals surface area contributed by atoms with E-state index in [0.29, 0.717) is 30.2 Å². The molecule has 9 heteroatoms. The first-order valence-corrected chi connectivity index (χ1v) is 8.82. The molecule has 28 heavy (non-hydrogen) atoms. The molecule has 0 aliphatic carbocycles. The SMILES string of the molecule is COCCn1cnnc1[C@@H](C)NC(=O)c1cccc(-c2ccc(=O)n(C)n2)c1. The Hall–Kier alpha value is -3.33. The highest BCUT2D eigenvalue weighted by atomic mass is 16.5. The Balaban J connectivity index is 1.77. The van der Waals surface area contributed by atoms with E-state index in [9.17, 15) is 9.59 Å². The van der Waals surface area contributed by atoms with Gasteiger partial charge in [0.05, 0.1) is 18.3 Å². The first-order chi connectivity index (χ1) is 13.5. The van der Waals surface area contributed by atoms with E-state index in [1.54, 1.807) is 44.8 Å². The standard InChI is InChI=1S/C19H22N6O3/c1-13(18-22-20-12-25(18)9-10-28-3)21-19(27)15-6-4-5-14(11-15)16-7-8-17(26)24(2)23-16/h4-8,11-13H,9-10H2,1-3H3,(H,21,27)/t13-/m1/s1. The maximum Gasteiger partial charge on any atom is 0.266 e. The number of hydrogen-bond donors (Lipinski definition) is 1. The molecule has 3 aromatic rings. The van der Waals surface area contributed by atoms with E-state index in [0.717, 1.165) is 5.56 Å². The van der Waals surface area contributed by atoms with Gasteiger partial charge in [-0.05, 0) is 25.1 Å². The summed E-state index contributed by atoms with van der Waals surface area (Å²) in [6.45, 7) is 2.98. The molecule has 0 saturated heterocycles. The number of benzene rings is 1. The highest BCUT2D eigenvalue weighted by Crippen LogP contribution is 2.18. The minimum atomic E-state index is -0.328. The first-order valence-electron chi connectivity index (χ1n) is 8.82. The Morgan fingerprint density at radius 1 is 1.29 bits per heavy atom. The third-order valence-corrected chi connectivity index (χ3v) is 4.30. The molecular formula is C19H22N6O3. The number of carbonyl (C=O) groups is 1. The Morgan fingerprint density at radius 3 is 2.86 bits per heavy atom. The Bertz CT molecular complexity index is 1030. The lowest BCUT2D eigenvalue weighted by atomic mass is 10.1. The summed E-state index contributed by atoms with van der Waals surface area (Å²) in [5.41, 5.74) is 1.66. The van der Waals surface area contributed by atoms with E-state index < -0.39 is 0 Å². The molecule has 9 nitrogen and oxygen atoms in total. The number of hydrogen-bond acceptors (Lipinski definition) is 6. The molecule has 0 saturated carbocycles. The van der Waals surface area contributed by atoms with Crippen LogP contribution < -0.4 is 10.9 Å². The van der Waals surface area contributed by atoms with Gasteiger partial charge in [0.25, 0.3) is 11.5 Å². The molecule has 0 radical (unpaired) electrons. The van der Waals surface area contributed by atoms with Crippen molar-refractivity contribution in [1.82, 2.24) is 29.9 Å². The third-order valence-electron chi connectivity index (χ3n) is 4.30. The normalized spacial score (nSPS) is 12.0. The second-order valence-corrected chi connectivity index (χ2v) is 6.33. The second kappa shape index (κ2) is 8.57. The number of amides is 1. The largest absolute Gasteiger partial charge is 0.383 e. The predicted molar refractivity (Wildman–Crippen MR) is 103 cm³/mol. The minimum Gasteiger partial charge on any atom is -0.383 e. The molecular weight excluding hydrogens is 360 g/mol. The minimum absolute atomic E-state index is 0.191. The molecule has 146 valence electrons. The lowest BCUT2D eigenvalue weighted by Gasteiger charge is -2.15. The average Bonchev–Trinajstić information content (AvgIpc) is 3.17. The van der Waals surface area contributed by atoms with Crippen LogP contribution in [0.2, 0.25) is 0 Å². The van der Waals surface area contributed by atoms with Gasteiger partial charge in [0.15, 0.2) is 5.82 Å². The van der Waals surface area contributed by atoms with Crippen LogP contribution in [0.25, 0.3) is 11.3 Å². The molecule has 0 unspecified atom stereocenters. The van der Waals surface area contributed by atoms with Crippen LogP contribution in [0.3, 0.4) is 0 Å². The Labute approximate surface area is 162 Å². The Kier molecular flexibility index (Phi) is 5.95. The Morgan fingerprint density at radius 2 is 2.11 bits per heavy atom. The van der Waals surface area contributed by atoms with Crippen molar-refractivity contribution in [2.24, 2.45) is 7.05 Å². The maximum atomic E-state index is 12.7. The zero-order valence-electron chi connectivity index (χ0n) is 16.0. The molecule has 3 rings (SSSR count). The highest BCUT2D eigenvalue weighted by Gasteiger charge is 2.17. The van der Waals surface area contributed by atoms with Gasteiger partial charge in [-0.1, -0.05) is 12.1 Å². The van der Waals surface area contributed by atoms with Crippen LogP contribution in [0, 0.1) is 0 Å². The molecule has 2 aromatic heterocycles. The monoisotopic (exact) mass is 382 g/mol. The number of aromatic nitrogens is 5. The lowest BCUT2D eigenvalue weighted by Crippen LogP contribution is -2.29. The molecule has 1 N–H and O–H groups in total. The smallest absolute Gasteiger partial charge is 0.266 e. The van der Waals surface area contributed by atoms with Crippen molar-refractivity contribution in [2.45, 2.75) is 19.5 Å². The molecule has 0 bridgehead atoms. The van der Waals surface area contributed by atoms with Gasteiger partial charge >= 0.3 is 0 Å². The van der Waals surface area contributed by atoms with E-state index in [1.807, 2.05) is 17.6 Å². The average molecular weight is 382 g/mol. The van der Waals surface area contributed by atoms with Crippen molar-refractivity contribution in [3.63, 3.8) is 0 Å². The number of ether oxygens (including phenoxy) is 1. The van der Waals surface area contributed by atoms with Crippen LogP contribution in [0.5, 0.6) is 0 Å². The fourth-order valence-corrected chi connectivity index (χ4v) is 2.78. The first kappa shape index (κ1) is 19.4. The molecule has 1 atom stereocenters. The van der Waals surface area contributed by atoms with E-state index in [1.165, 1.54) is 10.7 Å². The van der Waals surface area contributed by atoms with Gasteiger partial charge in [-0.2, -0.15) is 5.10 Å². The lowest BCUT2D eigenvalue weighted by molar-refractivity contribution is 0.0937. The van der Waals surface area contributed by atoms with Crippen molar-refractivity contribution in [2.75, 3.05) is 13.7 Å². The molecule has 2 heterocycles. The van der Waals surface area contributed by atoms with Crippen molar-refractivity contribution in [3.05, 3.63) is 64.5 Å². The second-order valence-electron chi connectivity index (χ2n) is 6.33. The molecule has 1 amide bonds.